The number of nitrogens with zero attached hydrogens (tertiary/aromatic N) is 4. The fourth-order valence-electron chi connectivity index (χ4n) is 3.54. The van der Waals surface area contributed by atoms with E-state index in [0.717, 1.165) is 12.8 Å². The first-order chi connectivity index (χ1) is 11.9. The van der Waals surface area contributed by atoms with Gasteiger partial charge in [-0.25, -0.2) is 13.4 Å². The van der Waals surface area contributed by atoms with Crippen LogP contribution in [-0.2, 0) is 14.6 Å². The molecule has 0 aromatic carbocycles. The minimum absolute atomic E-state index is 0.0273. The molecule has 1 aromatic heterocycles. The number of carbonyl (C=O) groups excluding carboxylic acids is 2. The molecule has 136 valence electrons. The van der Waals surface area contributed by atoms with Crippen LogP contribution in [0.15, 0.2) is 18.6 Å². The van der Waals surface area contributed by atoms with Crippen LogP contribution in [0.4, 0.5) is 0 Å². The lowest BCUT2D eigenvalue weighted by Gasteiger charge is -2.43. The molecule has 0 saturated carbocycles. The molecule has 0 aliphatic carbocycles. The van der Waals surface area contributed by atoms with Crippen LogP contribution >= 0.6 is 0 Å². The molecule has 0 spiro atoms. The zero-order valence-corrected chi connectivity index (χ0v) is 15.0. The highest BCUT2D eigenvalue weighted by molar-refractivity contribution is 7.91. The predicted molar refractivity (Wildman–Crippen MR) is 90.5 cm³/mol. The molecule has 2 aliphatic heterocycles. The number of amides is 2. The Hall–Kier alpha value is -2.03. The van der Waals surface area contributed by atoms with Crippen LogP contribution in [0.3, 0.4) is 0 Å². The fraction of sp³-hybridized carbons (Fsp3) is 0.625. The summed E-state index contributed by atoms with van der Waals surface area (Å²) < 4.78 is 24.4. The van der Waals surface area contributed by atoms with Gasteiger partial charge < -0.3 is 9.80 Å². The van der Waals surface area contributed by atoms with E-state index in [-0.39, 0.29) is 29.0 Å². The molecule has 2 saturated heterocycles. The molecule has 2 fully saturated rings. The van der Waals surface area contributed by atoms with Gasteiger partial charge in [-0.1, -0.05) is 13.3 Å². The van der Waals surface area contributed by atoms with Crippen LogP contribution in [0.5, 0.6) is 0 Å². The third kappa shape index (κ3) is 3.65. The van der Waals surface area contributed by atoms with Gasteiger partial charge in [0.15, 0.2) is 9.84 Å². The Morgan fingerprint density at radius 1 is 1.16 bits per heavy atom. The minimum Gasteiger partial charge on any atom is -0.335 e. The van der Waals surface area contributed by atoms with Gasteiger partial charge in [-0.15, -0.1) is 0 Å². The van der Waals surface area contributed by atoms with Crippen LogP contribution in [0.1, 0.15) is 36.7 Å². The number of carbonyl (C=O) groups is 2. The van der Waals surface area contributed by atoms with Gasteiger partial charge in [-0.05, 0) is 6.42 Å². The second-order valence-corrected chi connectivity index (χ2v) is 8.65. The highest BCUT2D eigenvalue weighted by atomic mass is 32.2. The molecular weight excluding hydrogens is 344 g/mol. The summed E-state index contributed by atoms with van der Waals surface area (Å²) in [6, 6.07) is -0.984. The minimum atomic E-state index is -3.29. The van der Waals surface area contributed by atoms with Crippen molar-refractivity contribution in [2.24, 2.45) is 0 Å². The van der Waals surface area contributed by atoms with Crippen LogP contribution in [0.25, 0.3) is 0 Å². The van der Waals surface area contributed by atoms with E-state index in [4.69, 9.17) is 0 Å². The zero-order chi connectivity index (χ0) is 18.0. The van der Waals surface area contributed by atoms with E-state index in [1.807, 2.05) is 6.92 Å². The second kappa shape index (κ2) is 7.07. The molecule has 2 amide bonds. The van der Waals surface area contributed by atoms with E-state index < -0.39 is 21.9 Å². The highest BCUT2D eigenvalue weighted by Gasteiger charge is 2.49. The Balaban J connectivity index is 1.83. The van der Waals surface area contributed by atoms with Gasteiger partial charge in [-0.3, -0.25) is 14.6 Å². The van der Waals surface area contributed by atoms with Gasteiger partial charge in [0.2, 0.25) is 5.91 Å². The maximum Gasteiger partial charge on any atom is 0.274 e. The third-order valence-electron chi connectivity index (χ3n) is 4.78. The lowest BCUT2D eigenvalue weighted by Crippen LogP contribution is -2.62. The van der Waals surface area contributed by atoms with Crippen LogP contribution < -0.4 is 0 Å². The Bertz CT molecular complexity index is 753. The fourth-order valence-corrected chi connectivity index (χ4v) is 5.52. The van der Waals surface area contributed by atoms with Crippen LogP contribution in [-0.4, -0.2) is 76.7 Å². The lowest BCUT2D eigenvalue weighted by atomic mass is 10.0. The molecule has 0 bridgehead atoms. The quantitative estimate of drug-likeness (QED) is 0.750. The first-order valence-corrected chi connectivity index (χ1v) is 10.3. The van der Waals surface area contributed by atoms with Crippen LogP contribution in [0.2, 0.25) is 0 Å². The zero-order valence-electron chi connectivity index (χ0n) is 14.2. The molecule has 0 radical (unpaired) electrons. The summed E-state index contributed by atoms with van der Waals surface area (Å²) in [5.74, 6) is -0.553. The van der Waals surface area contributed by atoms with E-state index in [1.54, 1.807) is 9.80 Å². The number of sulfone groups is 1. The first-order valence-electron chi connectivity index (χ1n) is 8.50. The van der Waals surface area contributed by atoms with Gasteiger partial charge in [0.1, 0.15) is 5.69 Å². The Kier molecular flexibility index (Phi) is 5.03. The van der Waals surface area contributed by atoms with Crippen molar-refractivity contribution in [2.45, 2.75) is 38.3 Å². The first kappa shape index (κ1) is 17.8. The normalized spacial score (nSPS) is 24.8. The van der Waals surface area contributed by atoms with Gasteiger partial charge in [0.25, 0.3) is 5.91 Å². The Morgan fingerprint density at radius 2 is 1.84 bits per heavy atom. The molecule has 25 heavy (non-hydrogen) atoms. The molecular formula is C16H22N4O4S. The third-order valence-corrected chi connectivity index (χ3v) is 6.48. The molecule has 0 unspecified atom stereocenters. The number of aromatic nitrogens is 2. The SMILES string of the molecule is CCCCC(=O)N1CCN(C(=O)c2cnccn2)[C@@H]2CS(=O)(=O)C[C@@H]21. The van der Waals surface area contributed by atoms with Gasteiger partial charge >= 0.3 is 0 Å². The number of piperazine rings is 1. The smallest absolute Gasteiger partial charge is 0.274 e. The monoisotopic (exact) mass is 366 g/mol. The van der Waals surface area contributed by atoms with Crippen molar-refractivity contribution in [2.75, 3.05) is 24.6 Å². The number of fused-ring (bicyclic) bond motifs is 1. The van der Waals surface area contributed by atoms with Crippen molar-refractivity contribution >= 4 is 21.7 Å². The predicted octanol–water partition coefficient (Wildman–Crippen LogP) is 0.117. The van der Waals surface area contributed by atoms with Crippen molar-refractivity contribution in [3.8, 4) is 0 Å². The average Bonchev–Trinajstić information content (AvgIpc) is 2.93. The Morgan fingerprint density at radius 3 is 2.48 bits per heavy atom. The summed E-state index contributed by atoms with van der Waals surface area (Å²) in [4.78, 5) is 36.3. The van der Waals surface area contributed by atoms with E-state index in [1.165, 1.54) is 18.6 Å². The summed E-state index contributed by atoms with van der Waals surface area (Å²) in [6.07, 6.45) is 6.38. The average molecular weight is 366 g/mol. The largest absolute Gasteiger partial charge is 0.335 e. The van der Waals surface area contributed by atoms with E-state index in [2.05, 4.69) is 9.97 Å². The molecule has 3 rings (SSSR count). The molecule has 3 heterocycles. The van der Waals surface area contributed by atoms with E-state index in [9.17, 15) is 18.0 Å². The maximum atomic E-state index is 12.7. The molecule has 2 atom stereocenters. The summed E-state index contributed by atoms with van der Waals surface area (Å²) in [6.45, 7) is 2.67. The molecule has 2 aliphatic rings. The summed E-state index contributed by atoms with van der Waals surface area (Å²) >= 11 is 0. The number of hydrogen-bond acceptors (Lipinski definition) is 6. The van der Waals surface area contributed by atoms with Crippen molar-refractivity contribution in [3.05, 3.63) is 24.3 Å². The molecule has 0 N–H and O–H groups in total. The van der Waals surface area contributed by atoms with Crippen molar-refractivity contribution < 1.29 is 18.0 Å². The number of hydrogen-bond donors (Lipinski definition) is 0. The topological polar surface area (TPSA) is 101 Å². The summed E-state index contributed by atoms with van der Waals surface area (Å²) in [5, 5.41) is 0. The molecule has 1 aromatic rings. The van der Waals surface area contributed by atoms with Gasteiger partial charge in [0, 0.05) is 31.9 Å². The van der Waals surface area contributed by atoms with Crippen molar-refractivity contribution in [1.29, 1.82) is 0 Å². The van der Waals surface area contributed by atoms with Gasteiger partial charge in [0.05, 0.1) is 29.8 Å². The second-order valence-electron chi connectivity index (χ2n) is 6.49. The molecule has 9 heteroatoms. The van der Waals surface area contributed by atoms with E-state index in [0.29, 0.717) is 19.5 Å². The van der Waals surface area contributed by atoms with Crippen LogP contribution in [0, 0.1) is 0 Å². The Labute approximate surface area is 147 Å². The van der Waals surface area contributed by atoms with Crippen molar-refractivity contribution in [3.63, 3.8) is 0 Å². The van der Waals surface area contributed by atoms with Gasteiger partial charge in [-0.2, -0.15) is 0 Å². The summed E-state index contributed by atoms with van der Waals surface area (Å²) in [7, 11) is -3.29. The number of rotatable bonds is 4. The molecule has 8 nitrogen and oxygen atoms in total. The van der Waals surface area contributed by atoms with Crippen molar-refractivity contribution in [1.82, 2.24) is 19.8 Å². The highest BCUT2D eigenvalue weighted by Crippen LogP contribution is 2.28. The summed E-state index contributed by atoms with van der Waals surface area (Å²) in [5.41, 5.74) is 0.191. The number of unbranched alkanes of at least 4 members (excludes halogenated alkanes) is 1. The standard InChI is InChI=1S/C16H22N4O4S/c1-2-3-4-15(21)19-7-8-20(14-11-25(23,24)10-13(14)19)16(22)12-9-17-5-6-18-12/h5-6,9,13-14H,2-4,7-8,10-11H2,1H3/t13-,14+/m0/s1. The maximum absolute atomic E-state index is 12.7. The van der Waals surface area contributed by atoms with E-state index >= 15 is 0 Å². The lowest BCUT2D eigenvalue weighted by molar-refractivity contribution is -0.136.